The second-order valence-corrected chi connectivity index (χ2v) is 8.23. The standard InChI is InChI=1S/C21H26N2O2S/c1-13-9-16(10-14(2)19(13)25)11-22-12-18(24)20-15(3)23-21(26-20)17-7-5-4-6-8-17/h9-11,17,25H,4-8,12H2,1-3H3. The van der Waals surface area contributed by atoms with E-state index in [2.05, 4.69) is 9.98 Å². The first-order valence-electron chi connectivity index (χ1n) is 9.26. The van der Waals surface area contributed by atoms with E-state index in [0.717, 1.165) is 32.3 Å². The lowest BCUT2D eigenvalue weighted by Crippen LogP contribution is -2.03. The monoisotopic (exact) mass is 370 g/mol. The van der Waals surface area contributed by atoms with E-state index < -0.39 is 0 Å². The number of benzene rings is 1. The van der Waals surface area contributed by atoms with Crippen molar-refractivity contribution in [2.45, 2.75) is 58.8 Å². The molecule has 0 amide bonds. The van der Waals surface area contributed by atoms with Crippen LogP contribution in [-0.2, 0) is 0 Å². The summed E-state index contributed by atoms with van der Waals surface area (Å²) in [6.45, 7) is 5.77. The molecule has 1 aliphatic carbocycles. The van der Waals surface area contributed by atoms with E-state index in [9.17, 15) is 9.90 Å². The number of thiazole rings is 1. The van der Waals surface area contributed by atoms with Gasteiger partial charge in [0.05, 0.1) is 15.6 Å². The molecule has 2 aromatic rings. The third kappa shape index (κ3) is 4.21. The highest BCUT2D eigenvalue weighted by atomic mass is 32.1. The zero-order chi connectivity index (χ0) is 18.7. The fourth-order valence-corrected chi connectivity index (χ4v) is 4.74. The van der Waals surface area contributed by atoms with Crippen LogP contribution in [0, 0.1) is 20.8 Å². The van der Waals surface area contributed by atoms with Gasteiger partial charge in [-0.25, -0.2) is 4.98 Å². The van der Waals surface area contributed by atoms with Gasteiger partial charge < -0.3 is 5.11 Å². The summed E-state index contributed by atoms with van der Waals surface area (Å²) in [4.78, 5) is 22.3. The van der Waals surface area contributed by atoms with Gasteiger partial charge in [0, 0.05) is 12.1 Å². The molecule has 1 aliphatic rings. The molecule has 1 heterocycles. The first kappa shape index (κ1) is 18.8. The van der Waals surface area contributed by atoms with Crippen molar-refractivity contribution in [3.63, 3.8) is 0 Å². The lowest BCUT2D eigenvalue weighted by atomic mass is 9.90. The molecule has 4 nitrogen and oxygen atoms in total. The van der Waals surface area contributed by atoms with Crippen LogP contribution in [0.15, 0.2) is 17.1 Å². The predicted octanol–water partition coefficient (Wildman–Crippen LogP) is 5.12. The van der Waals surface area contributed by atoms with Crippen LogP contribution in [0.2, 0.25) is 0 Å². The Hall–Kier alpha value is -2.01. The minimum absolute atomic E-state index is 0.0329. The summed E-state index contributed by atoms with van der Waals surface area (Å²) in [5, 5.41) is 11.0. The third-order valence-corrected chi connectivity index (χ3v) is 6.37. The molecule has 1 aromatic carbocycles. The molecule has 1 N–H and O–H groups in total. The Balaban J connectivity index is 1.67. The number of hydrogen-bond donors (Lipinski definition) is 1. The van der Waals surface area contributed by atoms with Crippen LogP contribution in [0.4, 0.5) is 0 Å². The number of ketones is 1. The summed E-state index contributed by atoms with van der Waals surface area (Å²) < 4.78 is 0. The predicted molar refractivity (Wildman–Crippen MR) is 107 cm³/mol. The molecule has 1 aromatic heterocycles. The molecule has 26 heavy (non-hydrogen) atoms. The average Bonchev–Trinajstić information content (AvgIpc) is 3.02. The fraction of sp³-hybridized carbons (Fsp3) is 0.476. The van der Waals surface area contributed by atoms with E-state index in [1.807, 2.05) is 32.9 Å². The second-order valence-electron chi connectivity index (χ2n) is 7.20. The maximum absolute atomic E-state index is 12.6. The topological polar surface area (TPSA) is 62.5 Å². The summed E-state index contributed by atoms with van der Waals surface area (Å²) in [6, 6.07) is 3.74. The molecular weight excluding hydrogens is 344 g/mol. The van der Waals surface area contributed by atoms with Gasteiger partial charge in [0.15, 0.2) is 5.78 Å². The molecule has 3 rings (SSSR count). The van der Waals surface area contributed by atoms with Crippen LogP contribution in [-0.4, -0.2) is 28.6 Å². The molecule has 0 bridgehead atoms. The number of hydrogen-bond acceptors (Lipinski definition) is 5. The van der Waals surface area contributed by atoms with Gasteiger partial charge in [-0.3, -0.25) is 9.79 Å². The van der Waals surface area contributed by atoms with Gasteiger partial charge in [0.1, 0.15) is 12.3 Å². The molecule has 1 saturated carbocycles. The van der Waals surface area contributed by atoms with Crippen LogP contribution in [0.5, 0.6) is 5.75 Å². The number of nitrogens with zero attached hydrogens (tertiary/aromatic N) is 2. The molecule has 1 fully saturated rings. The highest BCUT2D eigenvalue weighted by molar-refractivity contribution is 7.14. The number of carbonyl (C=O) groups excluding carboxylic acids is 1. The average molecular weight is 371 g/mol. The van der Waals surface area contributed by atoms with Gasteiger partial charge in [-0.05, 0) is 62.4 Å². The minimum Gasteiger partial charge on any atom is -0.507 e. The molecule has 0 aliphatic heterocycles. The summed E-state index contributed by atoms with van der Waals surface area (Å²) in [6.07, 6.45) is 7.94. The maximum Gasteiger partial charge on any atom is 0.195 e. The third-order valence-electron chi connectivity index (χ3n) is 5.01. The molecule has 0 radical (unpaired) electrons. The van der Waals surface area contributed by atoms with Crippen molar-refractivity contribution in [3.8, 4) is 5.75 Å². The Morgan fingerprint density at radius 2 is 1.88 bits per heavy atom. The van der Waals surface area contributed by atoms with Crippen LogP contribution >= 0.6 is 11.3 Å². The first-order chi connectivity index (χ1) is 12.5. The lowest BCUT2D eigenvalue weighted by molar-refractivity contribution is 0.100. The van der Waals surface area contributed by atoms with Crippen molar-refractivity contribution in [1.29, 1.82) is 0 Å². The summed E-state index contributed by atoms with van der Waals surface area (Å²) >= 11 is 1.56. The number of aromatic hydroxyl groups is 1. The Bertz CT molecular complexity index is 810. The van der Waals surface area contributed by atoms with Gasteiger partial charge >= 0.3 is 0 Å². The molecule has 0 saturated heterocycles. The zero-order valence-corrected chi connectivity index (χ0v) is 16.5. The number of aryl methyl sites for hydroxylation is 3. The van der Waals surface area contributed by atoms with E-state index in [1.54, 1.807) is 17.6 Å². The van der Waals surface area contributed by atoms with Crippen LogP contribution in [0.3, 0.4) is 0 Å². The van der Waals surface area contributed by atoms with E-state index in [-0.39, 0.29) is 12.3 Å². The highest BCUT2D eigenvalue weighted by Gasteiger charge is 2.22. The van der Waals surface area contributed by atoms with Crippen molar-refractivity contribution < 1.29 is 9.90 Å². The van der Waals surface area contributed by atoms with Crippen molar-refractivity contribution in [2.24, 2.45) is 4.99 Å². The zero-order valence-electron chi connectivity index (χ0n) is 15.7. The van der Waals surface area contributed by atoms with Crippen molar-refractivity contribution in [3.05, 3.63) is 44.4 Å². The van der Waals surface area contributed by atoms with Gasteiger partial charge in [0.25, 0.3) is 0 Å². The van der Waals surface area contributed by atoms with Crippen LogP contribution in [0.25, 0.3) is 0 Å². The molecule has 138 valence electrons. The molecule has 0 spiro atoms. The Labute approximate surface area is 159 Å². The summed E-state index contributed by atoms with van der Waals surface area (Å²) in [5.41, 5.74) is 3.36. The molecule has 5 heteroatoms. The quantitative estimate of drug-likeness (QED) is 0.587. The van der Waals surface area contributed by atoms with Crippen molar-refractivity contribution >= 4 is 23.3 Å². The smallest absolute Gasteiger partial charge is 0.195 e. The van der Waals surface area contributed by atoms with Gasteiger partial charge in [-0.15, -0.1) is 11.3 Å². The summed E-state index contributed by atoms with van der Waals surface area (Å²) in [5.74, 6) is 0.875. The Morgan fingerprint density at radius 3 is 2.54 bits per heavy atom. The number of Topliss-reactive ketones (excluding diaryl/α,β-unsaturated/α-hetero) is 1. The molecular formula is C21H26N2O2S. The van der Waals surface area contributed by atoms with Crippen LogP contribution in [0.1, 0.15) is 75.1 Å². The number of aliphatic imine (C=N–C) groups is 1. The van der Waals surface area contributed by atoms with Crippen molar-refractivity contribution in [1.82, 2.24) is 4.98 Å². The largest absolute Gasteiger partial charge is 0.507 e. The maximum atomic E-state index is 12.6. The van der Waals surface area contributed by atoms with E-state index in [0.29, 0.717) is 11.7 Å². The minimum atomic E-state index is 0.0329. The molecule has 0 atom stereocenters. The highest BCUT2D eigenvalue weighted by Crippen LogP contribution is 2.36. The van der Waals surface area contributed by atoms with Crippen LogP contribution < -0.4 is 0 Å². The SMILES string of the molecule is Cc1cc(C=NCC(=O)c2sc(C3CCCCC3)nc2C)cc(C)c1O. The van der Waals surface area contributed by atoms with Gasteiger partial charge in [0.2, 0.25) is 0 Å². The van der Waals surface area contributed by atoms with Gasteiger partial charge in [-0.1, -0.05) is 19.3 Å². The van der Waals surface area contributed by atoms with E-state index in [4.69, 9.17) is 0 Å². The van der Waals surface area contributed by atoms with E-state index >= 15 is 0 Å². The fourth-order valence-electron chi connectivity index (χ4n) is 3.57. The van der Waals surface area contributed by atoms with Crippen molar-refractivity contribution in [2.75, 3.05) is 6.54 Å². The normalized spacial score (nSPS) is 15.7. The number of carbonyl (C=O) groups is 1. The number of rotatable bonds is 5. The molecule has 0 unspecified atom stereocenters. The summed E-state index contributed by atoms with van der Waals surface area (Å²) in [7, 11) is 0. The van der Waals surface area contributed by atoms with Gasteiger partial charge in [-0.2, -0.15) is 0 Å². The number of phenols is 1. The lowest BCUT2D eigenvalue weighted by Gasteiger charge is -2.18. The Kier molecular flexibility index (Phi) is 5.87. The number of phenolic OH excluding ortho intramolecular Hbond substituents is 1. The van der Waals surface area contributed by atoms with E-state index in [1.165, 1.54) is 32.1 Å². The number of aromatic nitrogens is 1. The second kappa shape index (κ2) is 8.12. The first-order valence-corrected chi connectivity index (χ1v) is 10.1. The Morgan fingerprint density at radius 1 is 1.23 bits per heavy atom.